The second-order valence-electron chi connectivity index (χ2n) is 7.56. The van der Waals surface area contributed by atoms with Crippen molar-refractivity contribution in [3.8, 4) is 16.3 Å². The summed E-state index contributed by atoms with van der Waals surface area (Å²) in [6.45, 7) is 5.11. The van der Waals surface area contributed by atoms with Crippen molar-refractivity contribution in [3.63, 3.8) is 0 Å². The summed E-state index contributed by atoms with van der Waals surface area (Å²) in [5.41, 5.74) is 9.83. The zero-order chi connectivity index (χ0) is 20.5. The van der Waals surface area contributed by atoms with Gasteiger partial charge in [-0.2, -0.15) is 5.10 Å². The maximum atomic E-state index is 13.4. The van der Waals surface area contributed by atoms with Crippen molar-refractivity contribution >= 4 is 23.2 Å². The van der Waals surface area contributed by atoms with Gasteiger partial charge in [-0.15, -0.1) is 11.3 Å². The van der Waals surface area contributed by atoms with E-state index in [9.17, 15) is 9.59 Å². The van der Waals surface area contributed by atoms with Gasteiger partial charge in [-0.05, 0) is 61.4 Å². The predicted molar refractivity (Wildman–Crippen MR) is 114 cm³/mol. The van der Waals surface area contributed by atoms with Gasteiger partial charge in [-0.3, -0.25) is 9.59 Å². The van der Waals surface area contributed by atoms with Gasteiger partial charge >= 0.3 is 0 Å². The Morgan fingerprint density at radius 1 is 1.14 bits per heavy atom. The van der Waals surface area contributed by atoms with Gasteiger partial charge in [0.1, 0.15) is 11.4 Å². The first kappa shape index (κ1) is 19.4. The van der Waals surface area contributed by atoms with Crippen LogP contribution in [0, 0.1) is 19.8 Å². The van der Waals surface area contributed by atoms with E-state index in [2.05, 4.69) is 12.1 Å². The molecule has 4 rings (SSSR count). The molecule has 3 heterocycles. The Morgan fingerprint density at radius 2 is 1.90 bits per heavy atom. The van der Waals surface area contributed by atoms with Crippen LogP contribution in [0.15, 0.2) is 41.8 Å². The molecule has 2 aromatic heterocycles. The zero-order valence-corrected chi connectivity index (χ0v) is 17.4. The van der Waals surface area contributed by atoms with Gasteiger partial charge in [0.05, 0.1) is 10.6 Å². The molecular formula is C22H24N4O2S. The second kappa shape index (κ2) is 7.83. The maximum absolute atomic E-state index is 13.4. The molecule has 0 spiro atoms. The molecule has 0 atom stereocenters. The summed E-state index contributed by atoms with van der Waals surface area (Å²) in [6, 6.07) is 12.0. The first-order valence-corrected chi connectivity index (χ1v) is 10.6. The maximum Gasteiger partial charge on any atom is 0.272 e. The number of carbonyl (C=O) groups excluding carboxylic acids is 2. The number of hydrogen-bond donors (Lipinski definition) is 1. The van der Waals surface area contributed by atoms with Gasteiger partial charge in [0.2, 0.25) is 5.91 Å². The van der Waals surface area contributed by atoms with Crippen LogP contribution >= 0.6 is 11.3 Å². The normalized spacial score (nSPS) is 14.9. The van der Waals surface area contributed by atoms with Gasteiger partial charge < -0.3 is 10.6 Å². The largest absolute Gasteiger partial charge is 0.369 e. The topological polar surface area (TPSA) is 81.2 Å². The Balaban J connectivity index is 1.73. The zero-order valence-electron chi connectivity index (χ0n) is 16.6. The van der Waals surface area contributed by atoms with Crippen molar-refractivity contribution in [1.29, 1.82) is 0 Å². The molecule has 0 aliphatic carbocycles. The van der Waals surface area contributed by atoms with Crippen molar-refractivity contribution in [2.75, 3.05) is 13.1 Å². The number of nitrogens with two attached hydrogens (primary N) is 1. The van der Waals surface area contributed by atoms with E-state index < -0.39 is 0 Å². The molecule has 2 amide bonds. The number of piperidine rings is 1. The molecule has 1 aliphatic heterocycles. The number of amides is 2. The summed E-state index contributed by atoms with van der Waals surface area (Å²) in [5, 5.41) is 6.79. The quantitative estimate of drug-likeness (QED) is 0.717. The Labute approximate surface area is 173 Å². The molecule has 1 aromatic carbocycles. The number of benzene rings is 1. The summed E-state index contributed by atoms with van der Waals surface area (Å²) in [7, 11) is 0. The minimum absolute atomic E-state index is 0.0656. The fourth-order valence-electron chi connectivity index (χ4n) is 3.74. The average molecular weight is 409 g/mol. The third-order valence-corrected chi connectivity index (χ3v) is 6.37. The van der Waals surface area contributed by atoms with Crippen LogP contribution < -0.4 is 5.73 Å². The van der Waals surface area contributed by atoms with Crippen LogP contribution in [-0.4, -0.2) is 39.6 Å². The molecule has 29 heavy (non-hydrogen) atoms. The lowest BCUT2D eigenvalue weighted by Gasteiger charge is -2.30. The summed E-state index contributed by atoms with van der Waals surface area (Å²) in [6.07, 6.45) is 1.22. The monoisotopic (exact) mass is 408 g/mol. The molecule has 1 fully saturated rings. The van der Waals surface area contributed by atoms with Crippen molar-refractivity contribution in [3.05, 3.63) is 58.6 Å². The van der Waals surface area contributed by atoms with Crippen molar-refractivity contribution < 1.29 is 9.59 Å². The molecule has 2 N–H and O–H groups in total. The third kappa shape index (κ3) is 3.82. The minimum Gasteiger partial charge on any atom is -0.369 e. The lowest BCUT2D eigenvalue weighted by Crippen LogP contribution is -2.42. The summed E-state index contributed by atoms with van der Waals surface area (Å²) in [4.78, 5) is 27.7. The number of rotatable bonds is 4. The number of aromatic nitrogens is 2. The van der Waals surface area contributed by atoms with Crippen molar-refractivity contribution in [2.24, 2.45) is 11.7 Å². The highest BCUT2D eigenvalue weighted by molar-refractivity contribution is 7.13. The van der Waals surface area contributed by atoms with Crippen molar-refractivity contribution in [1.82, 2.24) is 14.7 Å². The lowest BCUT2D eigenvalue weighted by molar-refractivity contribution is -0.123. The molecule has 0 saturated carbocycles. The number of primary amides is 1. The van der Waals surface area contributed by atoms with E-state index in [0.717, 1.165) is 27.4 Å². The first-order valence-electron chi connectivity index (χ1n) is 9.74. The van der Waals surface area contributed by atoms with Crippen LogP contribution in [0.1, 0.15) is 34.5 Å². The van der Waals surface area contributed by atoms with Crippen LogP contribution in [0.4, 0.5) is 0 Å². The smallest absolute Gasteiger partial charge is 0.272 e. The molecule has 0 unspecified atom stereocenters. The Kier molecular flexibility index (Phi) is 5.24. The van der Waals surface area contributed by atoms with Crippen molar-refractivity contribution in [2.45, 2.75) is 26.7 Å². The number of likely N-dealkylation sites (tertiary alicyclic amines) is 1. The predicted octanol–water partition coefficient (Wildman–Crippen LogP) is 3.56. The fraction of sp³-hybridized carbons (Fsp3) is 0.318. The second-order valence-corrected chi connectivity index (χ2v) is 8.51. The highest BCUT2D eigenvalue weighted by Gasteiger charge is 2.29. The molecular weight excluding hydrogens is 384 g/mol. The first-order chi connectivity index (χ1) is 13.9. The van der Waals surface area contributed by atoms with Gasteiger partial charge in [0.15, 0.2) is 0 Å². The van der Waals surface area contributed by atoms with Gasteiger partial charge in [0, 0.05) is 19.0 Å². The summed E-state index contributed by atoms with van der Waals surface area (Å²) in [5.74, 6) is -0.494. The van der Waals surface area contributed by atoms with E-state index >= 15 is 0 Å². The van der Waals surface area contributed by atoms with Gasteiger partial charge in [0.25, 0.3) is 5.91 Å². The van der Waals surface area contributed by atoms with E-state index in [-0.39, 0.29) is 17.7 Å². The molecule has 1 saturated heterocycles. The Morgan fingerprint density at radius 3 is 2.55 bits per heavy atom. The number of hydrogen-bond acceptors (Lipinski definition) is 4. The van der Waals surface area contributed by atoms with E-state index in [1.54, 1.807) is 20.9 Å². The average Bonchev–Trinajstić information content (AvgIpc) is 3.39. The van der Waals surface area contributed by atoms with Crippen LogP contribution in [0.3, 0.4) is 0 Å². The highest BCUT2D eigenvalue weighted by Crippen LogP contribution is 2.28. The molecule has 1 aliphatic rings. The number of thiophene rings is 1. The summed E-state index contributed by atoms with van der Waals surface area (Å²) < 4.78 is 1.76. The molecule has 0 radical (unpaired) electrons. The van der Waals surface area contributed by atoms with Crippen LogP contribution in [-0.2, 0) is 4.79 Å². The lowest BCUT2D eigenvalue weighted by atomic mass is 9.96. The van der Waals surface area contributed by atoms with E-state index in [1.807, 2.05) is 43.5 Å². The number of carbonyl (C=O) groups is 2. The molecule has 150 valence electrons. The Bertz CT molecular complexity index is 1050. The molecule has 3 aromatic rings. The fourth-order valence-corrected chi connectivity index (χ4v) is 4.42. The van der Waals surface area contributed by atoms with Gasteiger partial charge in [-0.1, -0.05) is 18.2 Å². The van der Waals surface area contributed by atoms with Crippen LogP contribution in [0.25, 0.3) is 16.3 Å². The third-order valence-electron chi connectivity index (χ3n) is 5.48. The van der Waals surface area contributed by atoms with Crippen LogP contribution in [0.5, 0.6) is 0 Å². The summed E-state index contributed by atoms with van der Waals surface area (Å²) >= 11 is 1.60. The highest BCUT2D eigenvalue weighted by atomic mass is 32.1. The number of nitrogens with zero attached hydrogens (tertiary/aromatic N) is 3. The number of aryl methyl sites for hydroxylation is 2. The minimum atomic E-state index is -0.280. The molecule has 7 heteroatoms. The standard InChI is InChI=1S/C22H24N4O2S/c1-14-5-6-15(2)18(12-14)26-19(13-17(24-26)20-4-3-11-29-20)22(28)25-9-7-16(8-10-25)21(23)27/h3-6,11-13,16H,7-10H2,1-2H3,(H2,23,27). The SMILES string of the molecule is Cc1ccc(C)c(-n2nc(-c3cccs3)cc2C(=O)N2CCC(C(N)=O)CC2)c1. The Hall–Kier alpha value is -2.93. The van der Waals surface area contributed by atoms with E-state index in [0.29, 0.717) is 31.6 Å². The molecule has 0 bridgehead atoms. The van der Waals surface area contributed by atoms with Gasteiger partial charge in [-0.25, -0.2) is 4.68 Å². The van der Waals surface area contributed by atoms with Crippen LogP contribution in [0.2, 0.25) is 0 Å². The molecule has 6 nitrogen and oxygen atoms in total. The van der Waals surface area contributed by atoms with E-state index in [1.165, 1.54) is 0 Å². The van der Waals surface area contributed by atoms with E-state index in [4.69, 9.17) is 10.8 Å².